The standard InChI is InChI=1S/C10H23N3O2S/c1-10(2)16(14,15)13-6-3-5-12(7-4-11)8-9-13/h10H,3-9,11H2,1-2H3. The molecule has 0 spiro atoms. The molecule has 96 valence electrons. The van der Waals surface area contributed by atoms with Gasteiger partial charge in [-0.25, -0.2) is 12.7 Å². The molecule has 1 saturated heterocycles. The van der Waals surface area contributed by atoms with Crippen LogP contribution in [0.4, 0.5) is 0 Å². The maximum atomic E-state index is 12.0. The number of nitrogens with two attached hydrogens (primary N) is 1. The lowest BCUT2D eigenvalue weighted by Gasteiger charge is -2.23. The summed E-state index contributed by atoms with van der Waals surface area (Å²) in [5.74, 6) is 0. The number of nitrogens with zero attached hydrogens (tertiary/aromatic N) is 2. The predicted octanol–water partition coefficient (Wildman–Crippen LogP) is -0.309. The molecule has 16 heavy (non-hydrogen) atoms. The monoisotopic (exact) mass is 249 g/mol. The van der Waals surface area contributed by atoms with Crippen molar-refractivity contribution >= 4 is 10.0 Å². The van der Waals surface area contributed by atoms with Gasteiger partial charge in [0.05, 0.1) is 5.25 Å². The van der Waals surface area contributed by atoms with Gasteiger partial charge in [0.1, 0.15) is 0 Å². The summed E-state index contributed by atoms with van der Waals surface area (Å²) in [6, 6.07) is 0. The fourth-order valence-corrected chi connectivity index (χ4v) is 3.22. The maximum absolute atomic E-state index is 12.0. The van der Waals surface area contributed by atoms with E-state index < -0.39 is 10.0 Å². The van der Waals surface area contributed by atoms with Gasteiger partial charge in [0.15, 0.2) is 0 Å². The normalized spacial score (nSPS) is 21.2. The molecule has 5 nitrogen and oxygen atoms in total. The van der Waals surface area contributed by atoms with Gasteiger partial charge in [0, 0.05) is 32.7 Å². The predicted molar refractivity (Wildman–Crippen MR) is 65.7 cm³/mol. The van der Waals surface area contributed by atoms with Gasteiger partial charge in [-0.3, -0.25) is 0 Å². The summed E-state index contributed by atoms with van der Waals surface area (Å²) < 4.78 is 25.6. The molecule has 2 N–H and O–H groups in total. The summed E-state index contributed by atoms with van der Waals surface area (Å²) in [6.07, 6.45) is 0.895. The van der Waals surface area contributed by atoms with Crippen molar-refractivity contribution in [2.24, 2.45) is 5.73 Å². The third-order valence-corrected chi connectivity index (χ3v) is 5.22. The van der Waals surface area contributed by atoms with Crippen molar-refractivity contribution in [3.05, 3.63) is 0 Å². The minimum atomic E-state index is -3.09. The third kappa shape index (κ3) is 3.41. The lowest BCUT2D eigenvalue weighted by molar-refractivity contribution is 0.294. The largest absolute Gasteiger partial charge is 0.329 e. The molecule has 0 saturated carbocycles. The van der Waals surface area contributed by atoms with Crippen LogP contribution < -0.4 is 5.73 Å². The van der Waals surface area contributed by atoms with Gasteiger partial charge in [-0.05, 0) is 26.8 Å². The van der Waals surface area contributed by atoms with Crippen LogP contribution in [0.1, 0.15) is 20.3 Å². The van der Waals surface area contributed by atoms with Crippen molar-refractivity contribution in [1.29, 1.82) is 0 Å². The van der Waals surface area contributed by atoms with E-state index in [1.165, 1.54) is 0 Å². The molecular formula is C10H23N3O2S. The van der Waals surface area contributed by atoms with Gasteiger partial charge in [0.2, 0.25) is 10.0 Å². The number of sulfonamides is 1. The average Bonchev–Trinajstić information content (AvgIpc) is 2.44. The molecule has 0 aromatic carbocycles. The van der Waals surface area contributed by atoms with E-state index in [1.54, 1.807) is 18.2 Å². The topological polar surface area (TPSA) is 66.6 Å². The second-order valence-electron chi connectivity index (χ2n) is 4.48. The molecule has 1 aliphatic heterocycles. The first-order chi connectivity index (χ1) is 7.48. The molecule has 1 rings (SSSR count). The fourth-order valence-electron chi connectivity index (χ4n) is 1.91. The zero-order valence-electron chi connectivity index (χ0n) is 10.2. The van der Waals surface area contributed by atoms with E-state index in [0.717, 1.165) is 26.1 Å². The van der Waals surface area contributed by atoms with Crippen LogP contribution >= 0.6 is 0 Å². The minimum Gasteiger partial charge on any atom is -0.329 e. The van der Waals surface area contributed by atoms with Crippen LogP contribution in [0, 0.1) is 0 Å². The van der Waals surface area contributed by atoms with E-state index in [0.29, 0.717) is 19.6 Å². The van der Waals surface area contributed by atoms with E-state index in [2.05, 4.69) is 4.90 Å². The second kappa shape index (κ2) is 5.95. The van der Waals surface area contributed by atoms with Crippen molar-refractivity contribution in [1.82, 2.24) is 9.21 Å². The average molecular weight is 249 g/mol. The molecule has 1 fully saturated rings. The Hall–Kier alpha value is -0.170. The highest BCUT2D eigenvalue weighted by molar-refractivity contribution is 7.89. The molecule has 0 aliphatic carbocycles. The van der Waals surface area contributed by atoms with Gasteiger partial charge in [-0.15, -0.1) is 0 Å². The molecule has 1 aliphatic rings. The SMILES string of the molecule is CC(C)S(=O)(=O)N1CCCN(CCN)CC1. The van der Waals surface area contributed by atoms with E-state index >= 15 is 0 Å². The first kappa shape index (κ1) is 13.9. The van der Waals surface area contributed by atoms with E-state index in [4.69, 9.17) is 5.73 Å². The van der Waals surface area contributed by atoms with Crippen molar-refractivity contribution < 1.29 is 8.42 Å². The summed E-state index contributed by atoms with van der Waals surface area (Å²) in [5.41, 5.74) is 5.51. The van der Waals surface area contributed by atoms with Gasteiger partial charge in [-0.2, -0.15) is 0 Å². The highest BCUT2D eigenvalue weighted by Gasteiger charge is 2.27. The highest BCUT2D eigenvalue weighted by atomic mass is 32.2. The summed E-state index contributed by atoms with van der Waals surface area (Å²) in [7, 11) is -3.09. The highest BCUT2D eigenvalue weighted by Crippen LogP contribution is 2.12. The van der Waals surface area contributed by atoms with Crippen molar-refractivity contribution in [2.45, 2.75) is 25.5 Å². The Balaban J connectivity index is 2.60. The molecule has 6 heteroatoms. The number of rotatable bonds is 4. The van der Waals surface area contributed by atoms with Crippen LogP contribution in [0.5, 0.6) is 0 Å². The summed E-state index contributed by atoms with van der Waals surface area (Å²) in [4.78, 5) is 2.23. The lowest BCUT2D eigenvalue weighted by atomic mass is 10.4. The van der Waals surface area contributed by atoms with E-state index in [-0.39, 0.29) is 5.25 Å². The molecule has 0 aromatic heterocycles. The Bertz CT molecular complexity index is 303. The first-order valence-corrected chi connectivity index (χ1v) is 7.40. The van der Waals surface area contributed by atoms with Crippen molar-refractivity contribution in [2.75, 3.05) is 39.3 Å². The molecule has 0 bridgehead atoms. The minimum absolute atomic E-state index is 0.325. The Morgan fingerprint density at radius 2 is 1.88 bits per heavy atom. The Labute approximate surface area is 98.6 Å². The summed E-state index contributed by atoms with van der Waals surface area (Å²) >= 11 is 0. The molecule has 0 aromatic rings. The van der Waals surface area contributed by atoms with Crippen LogP contribution in [0.25, 0.3) is 0 Å². The van der Waals surface area contributed by atoms with Crippen LogP contribution in [0.2, 0.25) is 0 Å². The smallest absolute Gasteiger partial charge is 0.216 e. The zero-order valence-corrected chi connectivity index (χ0v) is 11.0. The van der Waals surface area contributed by atoms with Gasteiger partial charge in [-0.1, -0.05) is 0 Å². The fraction of sp³-hybridized carbons (Fsp3) is 1.00. The van der Waals surface area contributed by atoms with Crippen LogP contribution in [0.15, 0.2) is 0 Å². The zero-order chi connectivity index (χ0) is 12.2. The Kier molecular flexibility index (Phi) is 5.17. The van der Waals surface area contributed by atoms with Crippen molar-refractivity contribution in [3.8, 4) is 0 Å². The van der Waals surface area contributed by atoms with Gasteiger partial charge >= 0.3 is 0 Å². The maximum Gasteiger partial charge on any atom is 0.216 e. The first-order valence-electron chi connectivity index (χ1n) is 5.90. The van der Waals surface area contributed by atoms with Crippen LogP contribution in [0.3, 0.4) is 0 Å². The van der Waals surface area contributed by atoms with Crippen molar-refractivity contribution in [3.63, 3.8) is 0 Å². The molecular weight excluding hydrogens is 226 g/mol. The quantitative estimate of drug-likeness (QED) is 0.742. The molecule has 1 heterocycles. The van der Waals surface area contributed by atoms with Crippen LogP contribution in [-0.2, 0) is 10.0 Å². The van der Waals surface area contributed by atoms with E-state index in [1.807, 2.05) is 0 Å². The Morgan fingerprint density at radius 3 is 2.44 bits per heavy atom. The summed E-state index contributed by atoms with van der Waals surface area (Å²) in [5, 5.41) is -0.325. The molecule has 0 radical (unpaired) electrons. The number of hydrogen-bond acceptors (Lipinski definition) is 4. The molecule has 0 amide bonds. The van der Waals surface area contributed by atoms with Gasteiger partial charge in [0.25, 0.3) is 0 Å². The third-order valence-electron chi connectivity index (χ3n) is 2.95. The van der Waals surface area contributed by atoms with Gasteiger partial charge < -0.3 is 10.6 Å². The molecule has 0 unspecified atom stereocenters. The lowest BCUT2D eigenvalue weighted by Crippen LogP contribution is -2.39. The second-order valence-corrected chi connectivity index (χ2v) is 6.97. The van der Waals surface area contributed by atoms with E-state index in [9.17, 15) is 8.42 Å². The summed E-state index contributed by atoms with van der Waals surface area (Å²) in [6.45, 7) is 7.94. The Morgan fingerprint density at radius 1 is 1.19 bits per heavy atom. The molecule has 0 atom stereocenters. The number of hydrogen-bond donors (Lipinski definition) is 1. The van der Waals surface area contributed by atoms with Crippen LogP contribution in [-0.4, -0.2) is 62.1 Å².